The van der Waals surface area contributed by atoms with Crippen LogP contribution in [0, 0.1) is 0 Å². The fourth-order valence-corrected chi connectivity index (χ4v) is 4.90. The Morgan fingerprint density at radius 2 is 1.77 bits per heavy atom. The molecular formula is C25H18Cl4N2O3S. The van der Waals surface area contributed by atoms with E-state index in [4.69, 9.17) is 55.9 Å². The lowest BCUT2D eigenvalue weighted by atomic mass is 10.1. The predicted octanol–water partition coefficient (Wildman–Crippen LogP) is 8.17. The molecule has 1 amide bonds. The molecule has 0 spiro atoms. The number of amidine groups is 1. The summed E-state index contributed by atoms with van der Waals surface area (Å²) in [4.78, 5) is 17.4. The molecule has 4 rings (SSSR count). The maximum atomic E-state index is 12.5. The van der Waals surface area contributed by atoms with Gasteiger partial charge in [0.1, 0.15) is 6.61 Å². The lowest BCUT2D eigenvalue weighted by molar-refractivity contribution is -0.115. The maximum absolute atomic E-state index is 12.5. The van der Waals surface area contributed by atoms with Crippen molar-refractivity contribution >= 4 is 81.0 Å². The number of benzene rings is 3. The fourth-order valence-electron chi connectivity index (χ4n) is 3.15. The number of nitrogens with zero attached hydrogens (tertiary/aromatic N) is 1. The summed E-state index contributed by atoms with van der Waals surface area (Å²) < 4.78 is 11.7. The maximum Gasteiger partial charge on any atom is 0.264 e. The van der Waals surface area contributed by atoms with Gasteiger partial charge >= 0.3 is 0 Å². The van der Waals surface area contributed by atoms with Gasteiger partial charge in [-0.2, -0.15) is 0 Å². The van der Waals surface area contributed by atoms with E-state index >= 15 is 0 Å². The van der Waals surface area contributed by atoms with Crippen molar-refractivity contribution in [3.63, 3.8) is 0 Å². The van der Waals surface area contributed by atoms with Crippen molar-refractivity contribution in [2.75, 3.05) is 6.61 Å². The summed E-state index contributed by atoms with van der Waals surface area (Å²) in [5.41, 5.74) is 2.00. The van der Waals surface area contributed by atoms with Crippen LogP contribution < -0.4 is 14.8 Å². The Hall–Kier alpha value is -2.35. The molecule has 1 heterocycles. The fraction of sp³-hybridized carbons (Fsp3) is 0.120. The van der Waals surface area contributed by atoms with Crippen LogP contribution in [0.25, 0.3) is 6.08 Å². The minimum Gasteiger partial charge on any atom is -0.490 e. The van der Waals surface area contributed by atoms with Gasteiger partial charge in [-0.25, -0.2) is 4.99 Å². The van der Waals surface area contributed by atoms with Crippen LogP contribution in [0.4, 0.5) is 5.69 Å². The van der Waals surface area contributed by atoms with Gasteiger partial charge in [0.25, 0.3) is 5.91 Å². The molecule has 1 fully saturated rings. The summed E-state index contributed by atoms with van der Waals surface area (Å²) in [5, 5.41) is 4.98. The van der Waals surface area contributed by atoms with Gasteiger partial charge in [0, 0.05) is 15.6 Å². The number of halogens is 4. The Balaban J connectivity index is 1.57. The number of aliphatic imine (C=N–C) groups is 1. The Morgan fingerprint density at radius 1 is 0.971 bits per heavy atom. The van der Waals surface area contributed by atoms with Crippen molar-refractivity contribution in [1.29, 1.82) is 0 Å². The second-order valence-electron chi connectivity index (χ2n) is 7.22. The van der Waals surface area contributed by atoms with Crippen molar-refractivity contribution < 1.29 is 14.3 Å². The number of hydrogen-bond donors (Lipinski definition) is 1. The SMILES string of the molecule is CCOc1cc(C=C2SC(=Nc3ccc(Cl)cc3Cl)NC2=O)cc(Cl)c1OCc1ccccc1Cl. The molecule has 5 nitrogen and oxygen atoms in total. The molecule has 0 bridgehead atoms. The lowest BCUT2D eigenvalue weighted by Crippen LogP contribution is -2.19. The third-order valence-electron chi connectivity index (χ3n) is 4.74. The van der Waals surface area contributed by atoms with Gasteiger partial charge in [-0.3, -0.25) is 4.79 Å². The molecule has 0 radical (unpaired) electrons. The molecule has 1 N–H and O–H groups in total. The minimum absolute atomic E-state index is 0.227. The molecule has 1 aliphatic heterocycles. The topological polar surface area (TPSA) is 59.9 Å². The van der Waals surface area contributed by atoms with Crippen molar-refractivity contribution in [3.05, 3.63) is 90.7 Å². The Kier molecular flexibility index (Phi) is 8.52. The number of rotatable bonds is 7. The number of amides is 1. The molecule has 35 heavy (non-hydrogen) atoms. The first-order valence-corrected chi connectivity index (χ1v) is 12.7. The van der Waals surface area contributed by atoms with E-state index in [0.29, 0.717) is 59.5 Å². The summed E-state index contributed by atoms with van der Waals surface area (Å²) in [5.74, 6) is 0.579. The van der Waals surface area contributed by atoms with Crippen LogP contribution in [0.5, 0.6) is 11.5 Å². The second kappa shape index (κ2) is 11.6. The smallest absolute Gasteiger partial charge is 0.264 e. The first-order valence-electron chi connectivity index (χ1n) is 10.4. The quantitative estimate of drug-likeness (QED) is 0.292. The van der Waals surface area contributed by atoms with E-state index in [-0.39, 0.29) is 12.5 Å². The standard InChI is InChI=1S/C25H18Cl4N2O3S/c1-2-33-21-10-14(9-19(29)23(21)34-13-15-5-3-4-6-17(15)27)11-22-24(32)31-25(35-22)30-20-8-7-16(26)12-18(20)28/h3-12H,2,13H2,1H3,(H,30,31,32). The van der Waals surface area contributed by atoms with E-state index < -0.39 is 0 Å². The summed E-state index contributed by atoms with van der Waals surface area (Å²) in [6.45, 7) is 2.50. The highest BCUT2D eigenvalue weighted by atomic mass is 35.5. The van der Waals surface area contributed by atoms with E-state index in [1.807, 2.05) is 25.1 Å². The first-order chi connectivity index (χ1) is 16.8. The molecule has 0 unspecified atom stereocenters. The van der Waals surface area contributed by atoms with Crippen molar-refractivity contribution in [2.24, 2.45) is 4.99 Å². The van der Waals surface area contributed by atoms with E-state index in [2.05, 4.69) is 10.3 Å². The zero-order chi connectivity index (χ0) is 24.9. The van der Waals surface area contributed by atoms with E-state index in [9.17, 15) is 4.79 Å². The number of carbonyl (C=O) groups excluding carboxylic acids is 1. The summed E-state index contributed by atoms with van der Waals surface area (Å²) in [6.07, 6.45) is 1.71. The van der Waals surface area contributed by atoms with Gasteiger partial charge in [0.05, 0.1) is 27.2 Å². The van der Waals surface area contributed by atoms with Crippen LogP contribution in [0.15, 0.2) is 64.5 Å². The number of thioether (sulfide) groups is 1. The highest BCUT2D eigenvalue weighted by Gasteiger charge is 2.24. The largest absolute Gasteiger partial charge is 0.490 e. The third-order valence-corrected chi connectivity index (χ3v) is 6.84. The van der Waals surface area contributed by atoms with Gasteiger partial charge < -0.3 is 14.8 Å². The number of ether oxygens (including phenoxy) is 2. The van der Waals surface area contributed by atoms with Gasteiger partial charge in [-0.1, -0.05) is 64.6 Å². The average Bonchev–Trinajstić information content (AvgIpc) is 3.15. The van der Waals surface area contributed by atoms with Crippen LogP contribution in [-0.2, 0) is 11.4 Å². The van der Waals surface area contributed by atoms with Crippen molar-refractivity contribution in [3.8, 4) is 11.5 Å². The lowest BCUT2D eigenvalue weighted by Gasteiger charge is -2.15. The molecule has 3 aromatic carbocycles. The van der Waals surface area contributed by atoms with Crippen LogP contribution in [-0.4, -0.2) is 17.7 Å². The van der Waals surface area contributed by atoms with Gasteiger partial charge in [-0.05, 0) is 66.7 Å². The Bertz CT molecular complexity index is 1340. The molecule has 0 aliphatic carbocycles. The summed E-state index contributed by atoms with van der Waals surface area (Å²) >= 11 is 26.1. The second-order valence-corrected chi connectivity index (χ2v) is 9.91. The molecule has 10 heteroatoms. The first kappa shape index (κ1) is 25.7. The van der Waals surface area contributed by atoms with Crippen LogP contribution in [0.2, 0.25) is 20.1 Å². The van der Waals surface area contributed by atoms with E-state index in [1.54, 1.807) is 42.5 Å². The zero-order valence-corrected chi connectivity index (χ0v) is 22.1. The van der Waals surface area contributed by atoms with Crippen molar-refractivity contribution in [2.45, 2.75) is 13.5 Å². The van der Waals surface area contributed by atoms with Gasteiger partial charge in [0.2, 0.25) is 0 Å². The molecule has 1 saturated heterocycles. The summed E-state index contributed by atoms with van der Waals surface area (Å²) in [7, 11) is 0. The zero-order valence-electron chi connectivity index (χ0n) is 18.3. The predicted molar refractivity (Wildman–Crippen MR) is 146 cm³/mol. The average molecular weight is 568 g/mol. The Morgan fingerprint density at radius 3 is 2.51 bits per heavy atom. The van der Waals surface area contributed by atoms with Crippen LogP contribution in [0.3, 0.4) is 0 Å². The van der Waals surface area contributed by atoms with Crippen LogP contribution >= 0.6 is 58.2 Å². The monoisotopic (exact) mass is 566 g/mol. The van der Waals surface area contributed by atoms with Gasteiger partial charge in [-0.15, -0.1) is 0 Å². The number of carbonyl (C=O) groups is 1. The minimum atomic E-state index is -0.285. The summed E-state index contributed by atoms with van der Waals surface area (Å²) in [6, 6.07) is 15.8. The highest BCUT2D eigenvalue weighted by molar-refractivity contribution is 8.18. The Labute approximate surface area is 227 Å². The molecule has 1 aliphatic rings. The molecule has 3 aromatic rings. The number of hydrogen-bond acceptors (Lipinski definition) is 5. The molecule has 0 atom stereocenters. The molecular weight excluding hydrogens is 550 g/mol. The highest BCUT2D eigenvalue weighted by Crippen LogP contribution is 2.39. The normalized spacial score (nSPS) is 15.5. The molecule has 180 valence electrons. The molecule has 0 aromatic heterocycles. The van der Waals surface area contributed by atoms with Crippen molar-refractivity contribution in [1.82, 2.24) is 5.32 Å². The third kappa shape index (κ3) is 6.46. The van der Waals surface area contributed by atoms with E-state index in [0.717, 1.165) is 5.56 Å². The van der Waals surface area contributed by atoms with Crippen LogP contribution in [0.1, 0.15) is 18.1 Å². The number of nitrogens with one attached hydrogen (secondary N) is 1. The molecule has 0 saturated carbocycles. The van der Waals surface area contributed by atoms with E-state index in [1.165, 1.54) is 11.8 Å². The van der Waals surface area contributed by atoms with Gasteiger partial charge in [0.15, 0.2) is 16.7 Å².